The van der Waals surface area contributed by atoms with Crippen molar-refractivity contribution >= 4 is 21.7 Å². The highest BCUT2D eigenvalue weighted by Gasteiger charge is 2.19. The Hall–Kier alpha value is -1.76. The number of anilines is 1. The van der Waals surface area contributed by atoms with Crippen molar-refractivity contribution in [1.82, 2.24) is 0 Å². The topological polar surface area (TPSA) is 92.7 Å². The molecule has 1 aromatic carbocycles. The summed E-state index contributed by atoms with van der Waals surface area (Å²) in [6.45, 7) is 5.94. The summed E-state index contributed by atoms with van der Waals surface area (Å²) < 4.78 is 30.5. The summed E-state index contributed by atoms with van der Waals surface area (Å²) in [6.07, 6.45) is -0.244. The van der Waals surface area contributed by atoms with E-state index < -0.39 is 21.7 Å². The smallest absolute Gasteiger partial charge is 0.306 e. The largest absolute Gasteiger partial charge is 0.506 e. The van der Waals surface area contributed by atoms with Crippen molar-refractivity contribution in [1.29, 1.82) is 0 Å². The zero-order chi connectivity index (χ0) is 16.3. The molecule has 0 aliphatic rings. The maximum atomic E-state index is 11.9. The van der Waals surface area contributed by atoms with Gasteiger partial charge >= 0.3 is 5.97 Å². The minimum Gasteiger partial charge on any atom is -0.506 e. The van der Waals surface area contributed by atoms with Crippen LogP contribution < -0.4 is 4.72 Å². The Morgan fingerprint density at radius 1 is 1.33 bits per heavy atom. The lowest BCUT2D eigenvalue weighted by Crippen LogP contribution is -2.20. The average Bonchev–Trinajstić information content (AvgIpc) is 2.37. The molecule has 0 heterocycles. The van der Waals surface area contributed by atoms with E-state index in [-0.39, 0.29) is 23.3 Å². The first kappa shape index (κ1) is 17.3. The first-order chi connectivity index (χ1) is 9.55. The number of phenolic OH excluding ortho intramolecular Hbond substituents is 1. The van der Waals surface area contributed by atoms with E-state index in [1.165, 1.54) is 13.2 Å². The van der Waals surface area contributed by atoms with Crippen LogP contribution in [0.15, 0.2) is 18.2 Å². The van der Waals surface area contributed by atoms with Crippen molar-refractivity contribution in [3.8, 4) is 5.75 Å². The number of ether oxygens (including phenoxy) is 1. The molecule has 0 spiro atoms. The molecule has 0 saturated heterocycles. The van der Waals surface area contributed by atoms with Crippen LogP contribution in [0.2, 0.25) is 0 Å². The quantitative estimate of drug-likeness (QED) is 0.640. The van der Waals surface area contributed by atoms with Crippen LogP contribution in [0.4, 0.5) is 5.69 Å². The van der Waals surface area contributed by atoms with Crippen molar-refractivity contribution in [3.63, 3.8) is 0 Å². The lowest BCUT2D eigenvalue weighted by Gasteiger charge is -2.20. The first-order valence-electron chi connectivity index (χ1n) is 6.46. The maximum absolute atomic E-state index is 11.9. The SMILES string of the molecule is COC(=O)CCS(=O)(=O)Nc1cc(C(C)(C)C)ccc1O. The second-order valence-electron chi connectivity index (χ2n) is 5.73. The van der Waals surface area contributed by atoms with Gasteiger partial charge in [0.2, 0.25) is 10.0 Å². The van der Waals surface area contributed by atoms with E-state index in [4.69, 9.17) is 0 Å². The molecule has 0 aliphatic carbocycles. The molecule has 0 amide bonds. The van der Waals surface area contributed by atoms with Gasteiger partial charge in [0.15, 0.2) is 0 Å². The van der Waals surface area contributed by atoms with Gasteiger partial charge < -0.3 is 9.84 Å². The Labute approximate surface area is 125 Å². The van der Waals surface area contributed by atoms with Crippen LogP contribution in [-0.4, -0.2) is 32.4 Å². The van der Waals surface area contributed by atoms with Crippen LogP contribution in [0.3, 0.4) is 0 Å². The van der Waals surface area contributed by atoms with Crippen LogP contribution in [0.5, 0.6) is 5.75 Å². The highest BCUT2D eigenvalue weighted by atomic mass is 32.2. The minimum absolute atomic E-state index is 0.104. The number of methoxy groups -OCH3 is 1. The molecule has 118 valence electrons. The zero-order valence-corrected chi connectivity index (χ0v) is 13.5. The van der Waals surface area contributed by atoms with Crippen molar-refractivity contribution in [2.24, 2.45) is 0 Å². The number of nitrogens with one attached hydrogen (secondary N) is 1. The van der Waals surface area contributed by atoms with Gasteiger partial charge in [0.25, 0.3) is 0 Å². The van der Waals surface area contributed by atoms with Crippen LogP contribution >= 0.6 is 0 Å². The molecule has 6 nitrogen and oxygen atoms in total. The summed E-state index contributed by atoms with van der Waals surface area (Å²) in [7, 11) is -2.54. The third-order valence-corrected chi connectivity index (χ3v) is 4.20. The lowest BCUT2D eigenvalue weighted by atomic mass is 9.87. The Kier molecular flexibility index (Phi) is 5.22. The molecular weight excluding hydrogens is 294 g/mol. The molecule has 0 unspecified atom stereocenters. The summed E-state index contributed by atoms with van der Waals surface area (Å²) >= 11 is 0. The Morgan fingerprint density at radius 3 is 2.48 bits per heavy atom. The Morgan fingerprint density at radius 2 is 1.95 bits per heavy atom. The van der Waals surface area contributed by atoms with E-state index in [2.05, 4.69) is 9.46 Å². The van der Waals surface area contributed by atoms with Crippen LogP contribution in [0, 0.1) is 0 Å². The van der Waals surface area contributed by atoms with E-state index in [0.29, 0.717) is 0 Å². The average molecular weight is 315 g/mol. The van der Waals surface area contributed by atoms with E-state index in [1.54, 1.807) is 12.1 Å². The van der Waals surface area contributed by atoms with Gasteiger partial charge in [-0.05, 0) is 23.1 Å². The summed E-state index contributed by atoms with van der Waals surface area (Å²) in [6, 6.07) is 4.77. The number of sulfonamides is 1. The maximum Gasteiger partial charge on any atom is 0.306 e. The van der Waals surface area contributed by atoms with Gasteiger partial charge in [-0.3, -0.25) is 9.52 Å². The zero-order valence-electron chi connectivity index (χ0n) is 12.6. The Bertz CT molecular complexity index is 617. The molecule has 0 radical (unpaired) electrons. The molecule has 0 atom stereocenters. The van der Waals surface area contributed by atoms with Crippen molar-refractivity contribution < 1.29 is 23.1 Å². The van der Waals surface area contributed by atoms with E-state index in [1.807, 2.05) is 20.8 Å². The highest BCUT2D eigenvalue weighted by Crippen LogP contribution is 2.31. The van der Waals surface area contributed by atoms with Crippen molar-refractivity contribution in [3.05, 3.63) is 23.8 Å². The second-order valence-corrected chi connectivity index (χ2v) is 7.57. The number of rotatable bonds is 5. The summed E-state index contributed by atoms with van der Waals surface area (Å²) in [4.78, 5) is 11.0. The van der Waals surface area contributed by atoms with E-state index in [0.717, 1.165) is 5.56 Å². The fourth-order valence-electron chi connectivity index (χ4n) is 1.62. The summed E-state index contributed by atoms with van der Waals surface area (Å²) in [5, 5.41) is 9.77. The molecule has 1 rings (SSSR count). The number of aromatic hydroxyl groups is 1. The highest BCUT2D eigenvalue weighted by molar-refractivity contribution is 7.92. The normalized spacial score (nSPS) is 12.0. The monoisotopic (exact) mass is 315 g/mol. The van der Waals surface area contributed by atoms with Crippen LogP contribution in [0.25, 0.3) is 0 Å². The predicted octanol–water partition coefficient (Wildman–Crippen LogP) is 1.99. The lowest BCUT2D eigenvalue weighted by molar-refractivity contribution is -0.140. The van der Waals surface area contributed by atoms with Crippen molar-refractivity contribution in [2.75, 3.05) is 17.6 Å². The van der Waals surface area contributed by atoms with E-state index in [9.17, 15) is 18.3 Å². The third kappa shape index (κ3) is 5.26. The van der Waals surface area contributed by atoms with Gasteiger partial charge in [-0.25, -0.2) is 8.42 Å². The van der Waals surface area contributed by atoms with Crippen LogP contribution in [0.1, 0.15) is 32.8 Å². The number of carbonyl (C=O) groups excluding carboxylic acids is 1. The number of hydrogen-bond donors (Lipinski definition) is 2. The summed E-state index contributed by atoms with van der Waals surface area (Å²) in [5.41, 5.74) is 0.804. The molecule has 0 bridgehead atoms. The molecule has 0 aromatic heterocycles. The Balaban J connectivity index is 2.94. The van der Waals surface area contributed by atoms with Crippen LogP contribution in [-0.2, 0) is 25.0 Å². The molecule has 0 saturated carbocycles. The van der Waals surface area contributed by atoms with Gasteiger partial charge in [-0.1, -0.05) is 26.8 Å². The number of hydrogen-bond acceptors (Lipinski definition) is 5. The molecular formula is C14H21NO5S. The molecule has 0 fully saturated rings. The van der Waals surface area contributed by atoms with Gasteiger partial charge in [0, 0.05) is 0 Å². The fourth-order valence-corrected chi connectivity index (χ4v) is 2.66. The molecule has 0 aliphatic heterocycles. The van der Waals surface area contributed by atoms with E-state index >= 15 is 0 Å². The minimum atomic E-state index is -3.74. The predicted molar refractivity (Wildman–Crippen MR) is 80.8 cm³/mol. The molecule has 7 heteroatoms. The third-order valence-electron chi connectivity index (χ3n) is 2.93. The fraction of sp³-hybridized carbons (Fsp3) is 0.500. The van der Waals surface area contributed by atoms with Gasteiger partial charge in [-0.15, -0.1) is 0 Å². The summed E-state index contributed by atoms with van der Waals surface area (Å²) in [5.74, 6) is -1.17. The van der Waals surface area contributed by atoms with Gasteiger partial charge in [0.05, 0.1) is 25.0 Å². The second kappa shape index (κ2) is 6.34. The van der Waals surface area contributed by atoms with Gasteiger partial charge in [-0.2, -0.15) is 0 Å². The molecule has 21 heavy (non-hydrogen) atoms. The number of benzene rings is 1. The number of esters is 1. The number of carbonyl (C=O) groups is 1. The van der Waals surface area contributed by atoms with Gasteiger partial charge in [0.1, 0.15) is 5.75 Å². The molecule has 1 aromatic rings. The van der Waals surface area contributed by atoms with Crippen molar-refractivity contribution in [2.45, 2.75) is 32.6 Å². The number of phenols is 1. The standard InChI is InChI=1S/C14H21NO5S/c1-14(2,3)10-5-6-12(16)11(9-10)15-21(18,19)8-7-13(17)20-4/h5-6,9,15-16H,7-8H2,1-4H3. The first-order valence-corrected chi connectivity index (χ1v) is 8.11. The molecule has 2 N–H and O–H groups in total.